The Morgan fingerprint density at radius 1 is 1.36 bits per heavy atom. The number of carbonyl (C=O) groups is 1. The Morgan fingerprint density at radius 3 is 2.62 bits per heavy atom. The Kier molecular flexibility index (Phi) is 9.25. The first-order chi connectivity index (χ1) is 18.3. The zero-order chi connectivity index (χ0) is 29.0. The molecule has 2 unspecified atom stereocenters. The number of nitrogens with zero attached hydrogens (tertiary/aromatic N) is 6. The molecule has 0 saturated carbocycles. The van der Waals surface area contributed by atoms with Crippen LogP contribution in [-0.4, -0.2) is 66.7 Å². The summed E-state index contributed by atoms with van der Waals surface area (Å²) in [5.74, 6) is -0.658. The van der Waals surface area contributed by atoms with Gasteiger partial charge in [0.05, 0.1) is 0 Å². The maximum Gasteiger partial charge on any atom is 0.653 e. The quantitative estimate of drug-likeness (QED) is 0.0934. The van der Waals surface area contributed by atoms with E-state index in [1.54, 1.807) is 51.1 Å². The molecule has 1 aliphatic rings. The van der Waals surface area contributed by atoms with E-state index in [0.717, 1.165) is 15.6 Å². The topological polar surface area (TPSA) is 224 Å². The Labute approximate surface area is 223 Å². The number of aliphatic hydroxyl groups excluding tert-OH is 2. The average Bonchev–Trinajstić information content (AvgIpc) is 3.10. The summed E-state index contributed by atoms with van der Waals surface area (Å²) in [6.45, 7) is 5.46. The van der Waals surface area contributed by atoms with Gasteiger partial charge in [-0.1, -0.05) is 23.3 Å². The predicted molar refractivity (Wildman–Crippen MR) is 135 cm³/mol. The Hall–Kier alpha value is -3.62. The zero-order valence-electron chi connectivity index (χ0n) is 21.5. The van der Waals surface area contributed by atoms with Crippen LogP contribution in [0.2, 0.25) is 0 Å². The molecular formula is C22H29N7O9P+. The van der Waals surface area contributed by atoms with Crippen LogP contribution in [0.15, 0.2) is 52.5 Å². The number of benzene rings is 1. The summed E-state index contributed by atoms with van der Waals surface area (Å²) in [5, 5.41) is 24.8. The summed E-state index contributed by atoms with van der Waals surface area (Å²) >= 11 is 0. The largest absolute Gasteiger partial charge is 0.653 e. The van der Waals surface area contributed by atoms with E-state index in [9.17, 15) is 24.4 Å². The van der Waals surface area contributed by atoms with Crippen molar-refractivity contribution in [3.05, 3.63) is 63.5 Å². The van der Waals surface area contributed by atoms with Crippen molar-refractivity contribution in [2.75, 3.05) is 12.3 Å². The van der Waals surface area contributed by atoms with Crippen LogP contribution in [0.1, 0.15) is 33.9 Å². The highest BCUT2D eigenvalue weighted by atomic mass is 31.1. The molecule has 1 aliphatic heterocycles. The highest BCUT2D eigenvalue weighted by molar-refractivity contribution is 7.36. The lowest BCUT2D eigenvalue weighted by Gasteiger charge is -2.25. The third kappa shape index (κ3) is 7.07. The molecule has 1 saturated heterocycles. The smallest absolute Gasteiger partial charge is 0.459 e. The van der Waals surface area contributed by atoms with E-state index < -0.39 is 62.2 Å². The molecule has 16 nitrogen and oxygen atoms in total. The van der Waals surface area contributed by atoms with E-state index >= 15 is 0 Å². The van der Waals surface area contributed by atoms with Gasteiger partial charge in [-0.25, -0.2) is 4.79 Å². The third-order valence-corrected chi connectivity index (χ3v) is 6.41. The molecule has 0 aliphatic carbocycles. The van der Waals surface area contributed by atoms with E-state index in [1.165, 1.54) is 13.0 Å². The van der Waals surface area contributed by atoms with Crippen LogP contribution in [0, 0.1) is 0 Å². The summed E-state index contributed by atoms with van der Waals surface area (Å²) in [7, 11) is -3.05. The van der Waals surface area contributed by atoms with Crippen molar-refractivity contribution in [2.45, 2.75) is 63.5 Å². The molecule has 0 amide bonds. The van der Waals surface area contributed by atoms with Crippen LogP contribution in [0.4, 0.5) is 5.82 Å². The first-order valence-corrected chi connectivity index (χ1v) is 12.7. The number of nitrogens with two attached hydrogens (primary N) is 1. The molecule has 1 aromatic carbocycles. The molecule has 0 bridgehead atoms. The summed E-state index contributed by atoms with van der Waals surface area (Å²) in [4.78, 5) is 37.6. The number of azide groups is 1. The highest BCUT2D eigenvalue weighted by Gasteiger charge is 2.57. The fraction of sp³-hybridized carbons (Fsp3) is 0.500. The first kappa shape index (κ1) is 29.9. The third-order valence-electron chi connectivity index (χ3n) is 5.31. The van der Waals surface area contributed by atoms with Gasteiger partial charge in [0.15, 0.2) is 18.0 Å². The monoisotopic (exact) mass is 566 g/mol. The molecule has 2 aromatic rings. The lowest BCUT2D eigenvalue weighted by atomic mass is 10.1. The Bertz CT molecular complexity index is 1300. The van der Waals surface area contributed by atoms with Crippen molar-refractivity contribution in [1.82, 2.24) is 14.4 Å². The molecule has 4 N–H and O–H groups in total. The molecule has 0 radical (unpaired) electrons. The number of ether oxygens (including phenoxy) is 2. The van der Waals surface area contributed by atoms with Crippen LogP contribution in [0.3, 0.4) is 0 Å². The lowest BCUT2D eigenvalue weighted by molar-refractivity contribution is -0.166. The van der Waals surface area contributed by atoms with Gasteiger partial charge in [-0.05, 0) is 56.0 Å². The molecule has 1 aromatic heterocycles. The second-order valence-electron chi connectivity index (χ2n) is 9.45. The molecule has 17 heteroatoms. The van der Waals surface area contributed by atoms with Gasteiger partial charge >= 0.3 is 19.8 Å². The van der Waals surface area contributed by atoms with Crippen LogP contribution in [0.25, 0.3) is 10.4 Å². The highest BCUT2D eigenvalue weighted by Crippen LogP contribution is 2.41. The van der Waals surface area contributed by atoms with Crippen LogP contribution in [-0.2, 0) is 23.4 Å². The number of esters is 1. The molecule has 0 spiro atoms. The Balaban J connectivity index is 1.86. The minimum atomic E-state index is -3.05. The van der Waals surface area contributed by atoms with Gasteiger partial charge in [0, 0.05) is 11.1 Å². The molecule has 39 heavy (non-hydrogen) atoms. The van der Waals surface area contributed by atoms with Crippen molar-refractivity contribution in [1.29, 1.82) is 0 Å². The van der Waals surface area contributed by atoms with Gasteiger partial charge in [0.25, 0.3) is 0 Å². The number of hydrogen-bond acceptors (Lipinski definition) is 12. The number of rotatable bonds is 10. The van der Waals surface area contributed by atoms with E-state index in [0.29, 0.717) is 0 Å². The van der Waals surface area contributed by atoms with Gasteiger partial charge in [0.1, 0.15) is 35.1 Å². The lowest BCUT2D eigenvalue weighted by Crippen LogP contribution is -2.45. The number of carbonyl (C=O) groups excluding carboxylic acids is 1. The zero-order valence-corrected chi connectivity index (χ0v) is 22.4. The van der Waals surface area contributed by atoms with Crippen molar-refractivity contribution >= 4 is 20.0 Å². The number of para-hydroxylation sites is 1. The van der Waals surface area contributed by atoms with Gasteiger partial charge in [0.2, 0.25) is 5.72 Å². The molecule has 210 valence electrons. The van der Waals surface area contributed by atoms with E-state index in [4.69, 9.17) is 30.1 Å². The second kappa shape index (κ2) is 12.1. The average molecular weight is 566 g/mol. The van der Waals surface area contributed by atoms with Crippen molar-refractivity contribution in [3.8, 4) is 5.75 Å². The van der Waals surface area contributed by atoms with Gasteiger partial charge in [-0.2, -0.15) is 4.98 Å². The number of aliphatic hydroxyl groups is 2. The summed E-state index contributed by atoms with van der Waals surface area (Å²) in [5.41, 5.74) is 10.5. The van der Waals surface area contributed by atoms with Gasteiger partial charge in [-0.15, -0.1) is 4.52 Å². The number of hydrogen-bond donors (Lipinski definition) is 3. The van der Waals surface area contributed by atoms with Crippen molar-refractivity contribution in [2.24, 2.45) is 5.11 Å². The number of aromatic nitrogens is 2. The second-order valence-corrected chi connectivity index (χ2v) is 10.6. The number of hydroxylamine groups is 1. The first-order valence-electron chi connectivity index (χ1n) is 11.6. The molecule has 6 atom stereocenters. The van der Waals surface area contributed by atoms with Crippen LogP contribution < -0.4 is 16.3 Å². The fourth-order valence-electron chi connectivity index (χ4n) is 3.44. The molecule has 3 rings (SSSR count). The standard InChI is InChI=1S/C22H28N7O9P/c1-13(19(32)37-21(2,3)4)29(38-14-8-6-5-7-9-14)39(34)35-12-22(26-27-24)17(31)16(30)18(36-22)28-11-10-15(23)25-20(28)33/h5-11,13,16-18,30-31H,12H2,1-4H3,(H-,23,25,33)/p+1/t13?,16-,17+,18-,22-/m1/s1. The van der Waals surface area contributed by atoms with Gasteiger partial charge < -0.3 is 30.3 Å². The minimum absolute atomic E-state index is 0.0939. The van der Waals surface area contributed by atoms with Crippen LogP contribution in [0.5, 0.6) is 5.75 Å². The minimum Gasteiger partial charge on any atom is -0.459 e. The molecular weight excluding hydrogens is 537 g/mol. The SMILES string of the molecule is CC(C(=O)OC(C)(C)C)N(Oc1ccccc1)[P+](=O)OC[C@@]1(N=[N+]=[N-])O[C@@H](n2ccc(N)nc2=O)[C@H](O)[C@@H]1O. The van der Waals surface area contributed by atoms with Gasteiger partial charge in [-0.3, -0.25) is 9.36 Å². The number of nitrogen functional groups attached to an aromatic ring is 1. The summed E-state index contributed by atoms with van der Waals surface area (Å²) in [6, 6.07) is 8.10. The maximum atomic E-state index is 13.3. The summed E-state index contributed by atoms with van der Waals surface area (Å²) in [6.07, 6.45) is -4.13. The maximum absolute atomic E-state index is 13.3. The predicted octanol–water partition coefficient (Wildman–Crippen LogP) is 1.78. The molecule has 2 heterocycles. The van der Waals surface area contributed by atoms with E-state index in [2.05, 4.69) is 15.0 Å². The van der Waals surface area contributed by atoms with Crippen molar-refractivity contribution in [3.63, 3.8) is 0 Å². The Morgan fingerprint density at radius 2 is 2.03 bits per heavy atom. The normalized spacial score (nSPS) is 24.1. The van der Waals surface area contributed by atoms with Crippen LogP contribution >= 0.6 is 8.18 Å². The van der Waals surface area contributed by atoms with E-state index in [1.807, 2.05) is 0 Å². The van der Waals surface area contributed by atoms with E-state index in [-0.39, 0.29) is 11.6 Å². The fourth-order valence-corrected chi connectivity index (χ4v) is 4.39. The summed E-state index contributed by atoms with van der Waals surface area (Å²) < 4.78 is 30.5. The van der Waals surface area contributed by atoms with Crippen molar-refractivity contribution < 1.29 is 38.4 Å². The number of anilines is 1. The molecule has 1 fully saturated rings.